The zero-order valence-corrected chi connectivity index (χ0v) is 10.2. The maximum atomic E-state index is 4.43. The molecule has 1 aromatic rings. The van der Waals surface area contributed by atoms with E-state index in [1.165, 1.54) is 4.88 Å². The zero-order valence-electron chi connectivity index (χ0n) is 8.55. The molecule has 1 N–H and O–H groups in total. The van der Waals surface area contributed by atoms with Crippen LogP contribution in [-0.4, -0.2) is 23.0 Å². The summed E-state index contributed by atoms with van der Waals surface area (Å²) in [5, 5.41) is 4.44. The number of nitrogens with zero attached hydrogens (tertiary/aromatic N) is 1. The molecule has 0 aliphatic carbocycles. The highest BCUT2D eigenvalue weighted by molar-refractivity contribution is 7.98. The smallest absolute Gasteiger partial charge is 0.183 e. The monoisotopic (exact) mass is 216 g/mol. The van der Waals surface area contributed by atoms with Crippen LogP contribution in [-0.2, 0) is 0 Å². The van der Waals surface area contributed by atoms with Crippen molar-refractivity contribution >= 4 is 28.2 Å². The predicted octanol–water partition coefficient (Wildman–Crippen LogP) is 2.92. The molecule has 0 amide bonds. The molecule has 4 heteroatoms. The van der Waals surface area contributed by atoms with Crippen LogP contribution in [0.3, 0.4) is 0 Å². The van der Waals surface area contributed by atoms with Crippen molar-refractivity contribution in [1.82, 2.24) is 4.98 Å². The minimum absolute atomic E-state index is 0.500. The number of hydrogen-bond donors (Lipinski definition) is 1. The third-order valence-electron chi connectivity index (χ3n) is 1.82. The molecule has 1 unspecified atom stereocenters. The molecule has 2 nitrogen and oxygen atoms in total. The SMILES string of the molecule is CSCC(C)Nc1nc(C)c(C)s1. The van der Waals surface area contributed by atoms with Gasteiger partial charge in [0.15, 0.2) is 5.13 Å². The van der Waals surface area contributed by atoms with E-state index in [-0.39, 0.29) is 0 Å². The molecule has 0 aromatic carbocycles. The van der Waals surface area contributed by atoms with Crippen molar-refractivity contribution in [2.24, 2.45) is 0 Å². The average molecular weight is 216 g/mol. The first-order valence-corrected chi connectivity index (χ1v) is 6.54. The highest BCUT2D eigenvalue weighted by Gasteiger charge is 2.06. The average Bonchev–Trinajstić information content (AvgIpc) is 2.31. The van der Waals surface area contributed by atoms with Gasteiger partial charge in [-0.15, -0.1) is 11.3 Å². The lowest BCUT2D eigenvalue weighted by Gasteiger charge is -2.10. The fourth-order valence-corrected chi connectivity index (χ4v) is 2.55. The maximum absolute atomic E-state index is 4.43. The summed E-state index contributed by atoms with van der Waals surface area (Å²) in [6.07, 6.45) is 2.12. The molecule has 1 aromatic heterocycles. The minimum atomic E-state index is 0.500. The van der Waals surface area contributed by atoms with Crippen molar-refractivity contribution in [1.29, 1.82) is 0 Å². The van der Waals surface area contributed by atoms with Crippen LogP contribution in [0.4, 0.5) is 5.13 Å². The molecule has 1 heterocycles. The second-order valence-electron chi connectivity index (χ2n) is 3.16. The van der Waals surface area contributed by atoms with E-state index in [1.807, 2.05) is 11.8 Å². The van der Waals surface area contributed by atoms with Gasteiger partial charge in [-0.2, -0.15) is 11.8 Å². The fourth-order valence-electron chi connectivity index (χ4n) is 1.04. The van der Waals surface area contributed by atoms with Gasteiger partial charge in [0.25, 0.3) is 0 Å². The summed E-state index contributed by atoms with van der Waals surface area (Å²) in [5.74, 6) is 1.12. The molecule has 0 bridgehead atoms. The molecular formula is C9H16N2S2. The van der Waals surface area contributed by atoms with Gasteiger partial charge >= 0.3 is 0 Å². The zero-order chi connectivity index (χ0) is 9.84. The number of hydrogen-bond acceptors (Lipinski definition) is 4. The third kappa shape index (κ3) is 3.19. The predicted molar refractivity (Wildman–Crippen MR) is 63.1 cm³/mol. The summed E-state index contributed by atoms with van der Waals surface area (Å²) in [6.45, 7) is 6.34. The number of anilines is 1. The normalized spacial score (nSPS) is 12.9. The van der Waals surface area contributed by atoms with E-state index in [0.29, 0.717) is 6.04 Å². The van der Waals surface area contributed by atoms with Crippen molar-refractivity contribution in [3.05, 3.63) is 10.6 Å². The van der Waals surface area contributed by atoms with Crippen LogP contribution >= 0.6 is 23.1 Å². The first-order chi connectivity index (χ1) is 6.13. The molecule has 0 saturated carbocycles. The Labute approximate surface area is 88.2 Å². The van der Waals surface area contributed by atoms with Gasteiger partial charge in [-0.3, -0.25) is 0 Å². The molecule has 1 atom stereocenters. The Morgan fingerprint density at radius 3 is 2.69 bits per heavy atom. The molecule has 1 rings (SSSR count). The van der Waals surface area contributed by atoms with Gasteiger partial charge in [-0.05, 0) is 27.0 Å². The Bertz CT molecular complexity index is 251. The van der Waals surface area contributed by atoms with Crippen molar-refractivity contribution in [2.45, 2.75) is 26.8 Å². The lowest BCUT2D eigenvalue weighted by Crippen LogP contribution is -2.17. The van der Waals surface area contributed by atoms with E-state index in [9.17, 15) is 0 Å². The van der Waals surface area contributed by atoms with Gasteiger partial charge in [0.05, 0.1) is 5.69 Å². The van der Waals surface area contributed by atoms with Gasteiger partial charge in [0.1, 0.15) is 0 Å². The molecular weight excluding hydrogens is 200 g/mol. The molecule has 0 saturated heterocycles. The summed E-state index contributed by atoms with van der Waals surface area (Å²) >= 11 is 3.59. The maximum Gasteiger partial charge on any atom is 0.183 e. The Morgan fingerprint density at radius 2 is 2.23 bits per heavy atom. The molecule has 74 valence electrons. The second-order valence-corrected chi connectivity index (χ2v) is 5.28. The quantitative estimate of drug-likeness (QED) is 0.837. The molecule has 0 aliphatic rings. The number of aryl methyl sites for hydroxylation is 2. The van der Waals surface area contributed by atoms with Crippen molar-refractivity contribution in [2.75, 3.05) is 17.3 Å². The fraction of sp³-hybridized carbons (Fsp3) is 0.667. The van der Waals surface area contributed by atoms with Crippen LogP contribution in [0.25, 0.3) is 0 Å². The van der Waals surface area contributed by atoms with Crippen LogP contribution < -0.4 is 5.32 Å². The first kappa shape index (κ1) is 10.9. The van der Waals surface area contributed by atoms with Crippen LogP contribution in [0, 0.1) is 13.8 Å². The van der Waals surface area contributed by atoms with E-state index in [2.05, 4.69) is 37.3 Å². The molecule has 13 heavy (non-hydrogen) atoms. The molecule has 0 radical (unpaired) electrons. The van der Waals surface area contributed by atoms with Crippen LogP contribution in [0.1, 0.15) is 17.5 Å². The Balaban J connectivity index is 2.53. The number of nitrogens with one attached hydrogen (secondary N) is 1. The molecule has 0 aliphatic heterocycles. The van der Waals surface area contributed by atoms with Crippen LogP contribution in [0.5, 0.6) is 0 Å². The summed E-state index contributed by atoms with van der Waals surface area (Å²) < 4.78 is 0. The molecule has 0 fully saturated rings. The highest BCUT2D eigenvalue weighted by atomic mass is 32.2. The Morgan fingerprint density at radius 1 is 1.54 bits per heavy atom. The number of thioether (sulfide) groups is 1. The van der Waals surface area contributed by atoms with E-state index >= 15 is 0 Å². The summed E-state index contributed by atoms with van der Waals surface area (Å²) in [5.41, 5.74) is 1.14. The molecule has 0 spiro atoms. The van der Waals surface area contributed by atoms with Crippen molar-refractivity contribution in [3.8, 4) is 0 Å². The van der Waals surface area contributed by atoms with Gasteiger partial charge in [0.2, 0.25) is 0 Å². The Kier molecular flexibility index (Phi) is 4.06. The van der Waals surface area contributed by atoms with Gasteiger partial charge in [0, 0.05) is 16.7 Å². The van der Waals surface area contributed by atoms with Gasteiger partial charge < -0.3 is 5.32 Å². The topological polar surface area (TPSA) is 24.9 Å². The van der Waals surface area contributed by atoms with E-state index in [0.717, 1.165) is 16.6 Å². The highest BCUT2D eigenvalue weighted by Crippen LogP contribution is 2.21. The summed E-state index contributed by atoms with van der Waals surface area (Å²) in [4.78, 5) is 5.74. The van der Waals surface area contributed by atoms with Crippen LogP contribution in [0.2, 0.25) is 0 Å². The third-order valence-corrected chi connectivity index (χ3v) is 3.65. The van der Waals surface area contributed by atoms with Crippen molar-refractivity contribution in [3.63, 3.8) is 0 Å². The van der Waals surface area contributed by atoms with Gasteiger partial charge in [-0.25, -0.2) is 4.98 Å². The number of aromatic nitrogens is 1. The Hall–Kier alpha value is -0.220. The standard InChI is InChI=1S/C9H16N2S2/c1-6(5-12-4)10-9-11-7(2)8(3)13-9/h6H,5H2,1-4H3,(H,10,11). The summed E-state index contributed by atoms with van der Waals surface area (Å²) in [6, 6.07) is 0.500. The van der Waals surface area contributed by atoms with Crippen LogP contribution in [0.15, 0.2) is 0 Å². The lowest BCUT2D eigenvalue weighted by atomic mass is 10.4. The number of thiazole rings is 1. The lowest BCUT2D eigenvalue weighted by molar-refractivity contribution is 0.909. The minimum Gasteiger partial charge on any atom is -0.358 e. The summed E-state index contributed by atoms with van der Waals surface area (Å²) in [7, 11) is 0. The first-order valence-electron chi connectivity index (χ1n) is 4.33. The second kappa shape index (κ2) is 4.86. The van der Waals surface area contributed by atoms with Gasteiger partial charge in [-0.1, -0.05) is 0 Å². The van der Waals surface area contributed by atoms with E-state index < -0.39 is 0 Å². The van der Waals surface area contributed by atoms with Crippen molar-refractivity contribution < 1.29 is 0 Å². The van der Waals surface area contributed by atoms with E-state index in [1.54, 1.807) is 11.3 Å². The number of rotatable bonds is 4. The van der Waals surface area contributed by atoms with E-state index in [4.69, 9.17) is 0 Å². The largest absolute Gasteiger partial charge is 0.358 e.